The Kier molecular flexibility index (Phi) is 4.82. The molecule has 0 bridgehead atoms. The molecule has 0 aliphatic carbocycles. The summed E-state index contributed by atoms with van der Waals surface area (Å²) in [7, 11) is 1.85. The number of rotatable bonds is 4. The van der Waals surface area contributed by atoms with Gasteiger partial charge in [0.2, 0.25) is 5.91 Å². The molecule has 0 spiro atoms. The van der Waals surface area contributed by atoms with Crippen LogP contribution in [0.5, 0.6) is 0 Å². The third kappa shape index (κ3) is 3.67. The van der Waals surface area contributed by atoms with Gasteiger partial charge in [0.25, 0.3) is 0 Å². The van der Waals surface area contributed by atoms with E-state index < -0.39 is 0 Å². The highest BCUT2D eigenvalue weighted by Gasteiger charge is 2.28. The largest absolute Gasteiger partial charge is 0.355 e. The van der Waals surface area contributed by atoms with Gasteiger partial charge in [0.05, 0.1) is 0 Å². The van der Waals surface area contributed by atoms with Crippen LogP contribution in [0.2, 0.25) is 0 Å². The number of carbonyl (C=O) groups is 1. The lowest BCUT2D eigenvalue weighted by Gasteiger charge is -2.33. The van der Waals surface area contributed by atoms with Crippen LogP contribution in [-0.4, -0.2) is 46.0 Å². The minimum absolute atomic E-state index is 0.0442. The third-order valence-electron chi connectivity index (χ3n) is 5.02. The minimum atomic E-state index is 0.0442. The van der Waals surface area contributed by atoms with E-state index in [0.29, 0.717) is 5.82 Å². The van der Waals surface area contributed by atoms with Crippen LogP contribution in [0.3, 0.4) is 0 Å². The molecule has 3 heterocycles. The second kappa shape index (κ2) is 7.57. The highest BCUT2D eigenvalue weighted by atomic mass is 16.2. The van der Waals surface area contributed by atoms with E-state index in [1.165, 1.54) is 0 Å². The van der Waals surface area contributed by atoms with E-state index in [0.717, 1.165) is 37.4 Å². The molecule has 1 aliphatic heterocycles. The molecule has 0 atom stereocenters. The molecule has 0 radical (unpaired) electrons. The number of hydrogen-bond acceptors (Lipinski definition) is 5. The van der Waals surface area contributed by atoms with Crippen molar-refractivity contribution in [2.45, 2.75) is 12.8 Å². The number of carbonyl (C=O) groups excluding carboxylic acids is 1. The van der Waals surface area contributed by atoms with Crippen LogP contribution in [0.15, 0.2) is 60.9 Å². The van der Waals surface area contributed by atoms with Gasteiger partial charge in [0.1, 0.15) is 0 Å². The Balaban J connectivity index is 1.36. The zero-order valence-corrected chi connectivity index (χ0v) is 15.3. The number of aromatic nitrogens is 4. The molecule has 27 heavy (non-hydrogen) atoms. The van der Waals surface area contributed by atoms with Crippen molar-refractivity contribution in [3.8, 4) is 5.82 Å². The van der Waals surface area contributed by atoms with Crippen LogP contribution in [0, 0.1) is 5.92 Å². The van der Waals surface area contributed by atoms with Crippen LogP contribution in [0.4, 0.5) is 11.5 Å². The van der Waals surface area contributed by atoms with Crippen LogP contribution < -0.4 is 9.80 Å². The molecule has 4 rings (SSSR count). The van der Waals surface area contributed by atoms with Crippen molar-refractivity contribution in [3.63, 3.8) is 0 Å². The van der Waals surface area contributed by atoms with E-state index in [4.69, 9.17) is 0 Å². The summed E-state index contributed by atoms with van der Waals surface area (Å²) < 4.78 is 1.68. The predicted molar refractivity (Wildman–Crippen MR) is 104 cm³/mol. The number of anilines is 2. The molecule has 1 aliphatic rings. The number of piperidine rings is 1. The first-order valence-electron chi connectivity index (χ1n) is 9.14. The highest BCUT2D eigenvalue weighted by Crippen LogP contribution is 2.25. The number of benzene rings is 1. The van der Waals surface area contributed by atoms with E-state index in [1.807, 2.05) is 61.8 Å². The fourth-order valence-electron chi connectivity index (χ4n) is 3.42. The molecule has 1 saturated heterocycles. The zero-order valence-electron chi connectivity index (χ0n) is 15.3. The number of nitrogens with zero attached hydrogens (tertiary/aromatic N) is 6. The number of para-hydroxylation sites is 1. The van der Waals surface area contributed by atoms with E-state index in [2.05, 4.69) is 20.2 Å². The number of hydrogen-bond donors (Lipinski definition) is 0. The summed E-state index contributed by atoms with van der Waals surface area (Å²) in [4.78, 5) is 16.7. The molecule has 1 fully saturated rings. The standard InChI is InChI=1S/C20H22N6O/c1-24(17-6-3-2-4-7-17)20(27)16-10-14-25(15-11-16)18-8-9-19(23-22-18)26-13-5-12-21-26/h2-9,12-13,16H,10-11,14-15H2,1H3. The maximum Gasteiger partial charge on any atom is 0.229 e. The van der Waals surface area contributed by atoms with Crippen molar-refractivity contribution in [2.24, 2.45) is 5.92 Å². The van der Waals surface area contributed by atoms with Gasteiger partial charge in [-0.05, 0) is 43.2 Å². The van der Waals surface area contributed by atoms with Gasteiger partial charge in [-0.2, -0.15) is 5.10 Å². The second-order valence-corrected chi connectivity index (χ2v) is 6.69. The molecular formula is C20H22N6O. The summed E-state index contributed by atoms with van der Waals surface area (Å²) in [5, 5.41) is 12.7. The Morgan fingerprint density at radius 2 is 1.70 bits per heavy atom. The molecule has 7 heteroatoms. The van der Waals surface area contributed by atoms with Crippen molar-refractivity contribution >= 4 is 17.4 Å². The lowest BCUT2D eigenvalue weighted by Crippen LogP contribution is -2.41. The van der Waals surface area contributed by atoms with E-state index in [9.17, 15) is 4.79 Å². The smallest absolute Gasteiger partial charge is 0.229 e. The van der Waals surface area contributed by atoms with Crippen molar-refractivity contribution in [1.29, 1.82) is 0 Å². The molecule has 0 saturated carbocycles. The van der Waals surface area contributed by atoms with Crippen LogP contribution in [0.1, 0.15) is 12.8 Å². The Hall–Kier alpha value is -3.22. The third-order valence-corrected chi connectivity index (χ3v) is 5.02. The van der Waals surface area contributed by atoms with Crippen molar-refractivity contribution in [3.05, 3.63) is 60.9 Å². The molecule has 3 aromatic rings. The lowest BCUT2D eigenvalue weighted by atomic mass is 9.95. The Morgan fingerprint density at radius 3 is 2.33 bits per heavy atom. The van der Waals surface area contributed by atoms with Gasteiger partial charge in [-0.3, -0.25) is 4.79 Å². The topological polar surface area (TPSA) is 67.2 Å². The monoisotopic (exact) mass is 362 g/mol. The van der Waals surface area contributed by atoms with Crippen LogP contribution in [-0.2, 0) is 4.79 Å². The normalized spacial score (nSPS) is 14.9. The van der Waals surface area contributed by atoms with E-state index in [1.54, 1.807) is 15.8 Å². The fourth-order valence-corrected chi connectivity index (χ4v) is 3.42. The van der Waals surface area contributed by atoms with Gasteiger partial charge >= 0.3 is 0 Å². The summed E-state index contributed by atoms with van der Waals surface area (Å²) in [5.41, 5.74) is 0.935. The first kappa shape index (κ1) is 17.2. The van der Waals surface area contributed by atoms with Gasteiger partial charge in [0, 0.05) is 44.1 Å². The van der Waals surface area contributed by atoms with Crippen molar-refractivity contribution in [2.75, 3.05) is 29.9 Å². The molecule has 0 N–H and O–H groups in total. The van der Waals surface area contributed by atoms with Crippen molar-refractivity contribution in [1.82, 2.24) is 20.0 Å². The quantitative estimate of drug-likeness (QED) is 0.713. The first-order chi connectivity index (χ1) is 13.2. The highest BCUT2D eigenvalue weighted by molar-refractivity contribution is 5.94. The SMILES string of the molecule is CN(C(=O)C1CCN(c2ccc(-n3cccn3)nn2)CC1)c1ccccc1. The molecule has 138 valence electrons. The molecular weight excluding hydrogens is 340 g/mol. The predicted octanol–water partition coefficient (Wildman–Crippen LogP) is 2.54. The Labute approximate surface area is 158 Å². The summed E-state index contributed by atoms with van der Waals surface area (Å²) in [6.45, 7) is 1.60. The minimum Gasteiger partial charge on any atom is -0.355 e. The van der Waals surface area contributed by atoms with E-state index >= 15 is 0 Å². The molecule has 0 unspecified atom stereocenters. The number of amides is 1. The Bertz CT molecular complexity index is 871. The van der Waals surface area contributed by atoms with Gasteiger partial charge in [-0.25, -0.2) is 4.68 Å². The van der Waals surface area contributed by atoms with E-state index in [-0.39, 0.29) is 11.8 Å². The Morgan fingerprint density at radius 1 is 1.00 bits per heavy atom. The average Bonchev–Trinajstić information content (AvgIpc) is 3.28. The molecule has 7 nitrogen and oxygen atoms in total. The van der Waals surface area contributed by atoms with Gasteiger partial charge in [-0.1, -0.05) is 18.2 Å². The summed E-state index contributed by atoms with van der Waals surface area (Å²) in [5.74, 6) is 1.76. The average molecular weight is 362 g/mol. The molecule has 1 amide bonds. The van der Waals surface area contributed by atoms with Gasteiger partial charge in [-0.15, -0.1) is 10.2 Å². The maximum absolute atomic E-state index is 12.8. The maximum atomic E-state index is 12.8. The molecule has 2 aromatic heterocycles. The second-order valence-electron chi connectivity index (χ2n) is 6.69. The lowest BCUT2D eigenvalue weighted by molar-refractivity contribution is -0.122. The van der Waals surface area contributed by atoms with Crippen molar-refractivity contribution < 1.29 is 4.79 Å². The summed E-state index contributed by atoms with van der Waals surface area (Å²) in [6.07, 6.45) is 5.19. The first-order valence-corrected chi connectivity index (χ1v) is 9.14. The zero-order chi connectivity index (χ0) is 18.6. The van der Waals surface area contributed by atoms with Gasteiger partial charge in [0.15, 0.2) is 11.6 Å². The summed E-state index contributed by atoms with van der Waals surface area (Å²) >= 11 is 0. The fraction of sp³-hybridized carbons (Fsp3) is 0.300. The summed E-state index contributed by atoms with van der Waals surface area (Å²) in [6, 6.07) is 15.5. The van der Waals surface area contributed by atoms with Crippen LogP contribution >= 0.6 is 0 Å². The molecule has 1 aromatic carbocycles. The van der Waals surface area contributed by atoms with Crippen LogP contribution in [0.25, 0.3) is 5.82 Å². The van der Waals surface area contributed by atoms with Gasteiger partial charge < -0.3 is 9.80 Å².